The fourth-order valence-electron chi connectivity index (χ4n) is 4.15. The highest BCUT2D eigenvalue weighted by molar-refractivity contribution is 5.98. The Labute approximate surface area is 187 Å². The first kappa shape index (κ1) is 23.1. The van der Waals surface area contributed by atoms with Gasteiger partial charge in [-0.05, 0) is 64.6 Å². The maximum absolute atomic E-state index is 11.0. The summed E-state index contributed by atoms with van der Waals surface area (Å²) in [5.74, 6) is -0.0803. The number of methoxy groups -OCH3 is 1. The molecular formula is C29H36O2. The topological polar surface area (TPSA) is 26.3 Å². The van der Waals surface area contributed by atoms with E-state index in [1.807, 2.05) is 0 Å². The van der Waals surface area contributed by atoms with E-state index in [0.29, 0.717) is 6.42 Å². The predicted octanol–water partition coefficient (Wildman–Crippen LogP) is 8.47. The first-order valence-corrected chi connectivity index (χ1v) is 11.9. The Kier molecular flexibility index (Phi) is 9.63. The van der Waals surface area contributed by atoms with Crippen LogP contribution in [0, 0.1) is 0 Å². The number of hydrogen-bond acceptors (Lipinski definition) is 2. The van der Waals surface area contributed by atoms with Gasteiger partial charge < -0.3 is 4.74 Å². The molecule has 0 saturated carbocycles. The molecule has 0 spiro atoms. The zero-order valence-electron chi connectivity index (χ0n) is 18.9. The summed E-state index contributed by atoms with van der Waals surface area (Å²) in [6.07, 6.45) is 17.5. The lowest BCUT2D eigenvalue weighted by atomic mass is 10.0. The number of unbranched alkanes of at least 4 members (excludes halogenated alkanes) is 9. The zero-order valence-corrected chi connectivity index (χ0v) is 18.9. The van der Waals surface area contributed by atoms with Gasteiger partial charge in [-0.1, -0.05) is 93.5 Å². The standard InChI is InChI=1S/C29H36O2/c1-31-29(30)18-12-10-8-6-4-2-3-5-7-9-11-15-24-19-20-27-22-25-16-13-14-17-26(25)23-28(27)21-24/h11,13-17,19-23H,2-10,12,18H2,1H3/b15-11-. The molecule has 0 aromatic heterocycles. The van der Waals surface area contributed by atoms with Crippen LogP contribution in [0.25, 0.3) is 27.6 Å². The number of carbonyl (C=O) groups is 1. The third-order valence-corrected chi connectivity index (χ3v) is 6.02. The van der Waals surface area contributed by atoms with Crippen molar-refractivity contribution in [3.63, 3.8) is 0 Å². The molecule has 0 bridgehead atoms. The van der Waals surface area contributed by atoms with Gasteiger partial charge in [-0.3, -0.25) is 4.79 Å². The monoisotopic (exact) mass is 416 g/mol. The van der Waals surface area contributed by atoms with Gasteiger partial charge in [-0.2, -0.15) is 0 Å². The molecule has 0 atom stereocenters. The molecule has 3 rings (SSSR count). The highest BCUT2D eigenvalue weighted by atomic mass is 16.5. The van der Waals surface area contributed by atoms with Crippen LogP contribution in [0.3, 0.4) is 0 Å². The summed E-state index contributed by atoms with van der Waals surface area (Å²) in [7, 11) is 1.46. The van der Waals surface area contributed by atoms with Gasteiger partial charge in [0.2, 0.25) is 0 Å². The second kappa shape index (κ2) is 12.9. The van der Waals surface area contributed by atoms with E-state index >= 15 is 0 Å². The molecule has 2 nitrogen and oxygen atoms in total. The molecule has 3 aromatic rings. The van der Waals surface area contributed by atoms with Gasteiger partial charge >= 0.3 is 5.97 Å². The van der Waals surface area contributed by atoms with Crippen molar-refractivity contribution in [1.82, 2.24) is 0 Å². The van der Waals surface area contributed by atoms with E-state index in [1.165, 1.54) is 79.2 Å². The fourth-order valence-corrected chi connectivity index (χ4v) is 4.15. The lowest BCUT2D eigenvalue weighted by molar-refractivity contribution is -0.140. The van der Waals surface area contributed by atoms with Crippen LogP contribution in [0.2, 0.25) is 0 Å². The number of ether oxygens (including phenoxy) is 1. The molecular weight excluding hydrogens is 380 g/mol. The first-order chi connectivity index (χ1) is 15.3. The number of hydrogen-bond donors (Lipinski definition) is 0. The average molecular weight is 417 g/mol. The molecule has 0 fully saturated rings. The summed E-state index contributed by atoms with van der Waals surface area (Å²) in [6, 6.07) is 19.9. The Morgan fingerprint density at radius 1 is 0.710 bits per heavy atom. The van der Waals surface area contributed by atoms with Crippen molar-refractivity contribution < 1.29 is 9.53 Å². The SMILES string of the molecule is COC(=O)CCCCCCCCCCC/C=C\c1ccc2cc3ccccc3cc2c1. The Balaban J connectivity index is 1.28. The summed E-state index contributed by atoms with van der Waals surface area (Å²) in [5, 5.41) is 5.22. The number of allylic oxidation sites excluding steroid dienone is 1. The normalized spacial score (nSPS) is 11.5. The number of benzene rings is 3. The van der Waals surface area contributed by atoms with E-state index in [1.54, 1.807) is 0 Å². The summed E-state index contributed by atoms with van der Waals surface area (Å²) in [6.45, 7) is 0. The van der Waals surface area contributed by atoms with Crippen LogP contribution in [0.1, 0.15) is 76.2 Å². The van der Waals surface area contributed by atoms with Crippen molar-refractivity contribution >= 4 is 33.6 Å². The summed E-state index contributed by atoms with van der Waals surface area (Å²) in [4.78, 5) is 11.0. The Hall–Kier alpha value is -2.61. The second-order valence-corrected chi connectivity index (χ2v) is 8.51. The van der Waals surface area contributed by atoms with Crippen molar-refractivity contribution in [3.8, 4) is 0 Å². The zero-order chi connectivity index (χ0) is 21.7. The largest absolute Gasteiger partial charge is 0.469 e. The number of carbonyl (C=O) groups excluding carboxylic acids is 1. The van der Waals surface area contributed by atoms with Gasteiger partial charge in [-0.25, -0.2) is 0 Å². The molecule has 0 N–H and O–H groups in total. The summed E-state index contributed by atoms with van der Waals surface area (Å²) in [5.41, 5.74) is 1.29. The molecule has 164 valence electrons. The van der Waals surface area contributed by atoms with Crippen molar-refractivity contribution in [1.29, 1.82) is 0 Å². The second-order valence-electron chi connectivity index (χ2n) is 8.51. The molecule has 0 aliphatic carbocycles. The quantitative estimate of drug-likeness (QED) is 0.159. The van der Waals surface area contributed by atoms with Crippen LogP contribution >= 0.6 is 0 Å². The van der Waals surface area contributed by atoms with Crippen LogP contribution in [0.15, 0.2) is 60.7 Å². The van der Waals surface area contributed by atoms with Crippen LogP contribution in [0.5, 0.6) is 0 Å². The molecule has 2 heteroatoms. The molecule has 0 amide bonds. The van der Waals surface area contributed by atoms with E-state index in [9.17, 15) is 4.79 Å². The van der Waals surface area contributed by atoms with Crippen LogP contribution in [0.4, 0.5) is 0 Å². The minimum absolute atomic E-state index is 0.0803. The van der Waals surface area contributed by atoms with E-state index in [0.717, 1.165) is 19.3 Å². The maximum atomic E-state index is 11.0. The smallest absolute Gasteiger partial charge is 0.305 e. The first-order valence-electron chi connectivity index (χ1n) is 11.9. The highest BCUT2D eigenvalue weighted by Gasteiger charge is 2.00. The summed E-state index contributed by atoms with van der Waals surface area (Å²) < 4.78 is 4.66. The third-order valence-electron chi connectivity index (χ3n) is 6.02. The molecule has 0 unspecified atom stereocenters. The van der Waals surface area contributed by atoms with E-state index in [2.05, 4.69) is 71.5 Å². The Bertz CT molecular complexity index is 986. The lowest BCUT2D eigenvalue weighted by Gasteiger charge is -2.04. The number of esters is 1. The molecule has 0 aliphatic rings. The molecule has 0 aliphatic heterocycles. The van der Waals surface area contributed by atoms with E-state index < -0.39 is 0 Å². The van der Waals surface area contributed by atoms with Crippen molar-refractivity contribution in [2.45, 2.75) is 70.6 Å². The van der Waals surface area contributed by atoms with Gasteiger partial charge in [0.1, 0.15) is 0 Å². The summed E-state index contributed by atoms with van der Waals surface area (Å²) >= 11 is 0. The Morgan fingerprint density at radius 2 is 1.29 bits per heavy atom. The molecule has 0 radical (unpaired) electrons. The maximum Gasteiger partial charge on any atom is 0.305 e. The van der Waals surface area contributed by atoms with Crippen LogP contribution in [-0.2, 0) is 9.53 Å². The molecule has 3 aromatic carbocycles. The van der Waals surface area contributed by atoms with Crippen LogP contribution in [-0.4, -0.2) is 13.1 Å². The lowest BCUT2D eigenvalue weighted by Crippen LogP contribution is -1.99. The third kappa shape index (κ3) is 7.86. The van der Waals surface area contributed by atoms with Crippen molar-refractivity contribution in [2.75, 3.05) is 7.11 Å². The van der Waals surface area contributed by atoms with Gasteiger partial charge in [0.15, 0.2) is 0 Å². The molecule has 31 heavy (non-hydrogen) atoms. The van der Waals surface area contributed by atoms with Crippen molar-refractivity contribution in [2.24, 2.45) is 0 Å². The fraction of sp³-hybridized carbons (Fsp3) is 0.414. The van der Waals surface area contributed by atoms with E-state index in [-0.39, 0.29) is 5.97 Å². The highest BCUT2D eigenvalue weighted by Crippen LogP contribution is 2.24. The number of rotatable bonds is 13. The van der Waals surface area contributed by atoms with Gasteiger partial charge in [0.05, 0.1) is 7.11 Å². The average Bonchev–Trinajstić information content (AvgIpc) is 2.80. The van der Waals surface area contributed by atoms with Gasteiger partial charge in [0, 0.05) is 6.42 Å². The number of fused-ring (bicyclic) bond motifs is 2. The molecule has 0 saturated heterocycles. The van der Waals surface area contributed by atoms with Gasteiger partial charge in [0.25, 0.3) is 0 Å². The van der Waals surface area contributed by atoms with Crippen molar-refractivity contribution in [3.05, 3.63) is 66.2 Å². The molecule has 0 heterocycles. The van der Waals surface area contributed by atoms with Crippen LogP contribution < -0.4 is 0 Å². The minimum atomic E-state index is -0.0803. The predicted molar refractivity (Wildman–Crippen MR) is 133 cm³/mol. The van der Waals surface area contributed by atoms with Gasteiger partial charge in [-0.15, -0.1) is 0 Å². The Morgan fingerprint density at radius 3 is 1.97 bits per heavy atom. The van der Waals surface area contributed by atoms with E-state index in [4.69, 9.17) is 0 Å². The minimum Gasteiger partial charge on any atom is -0.469 e.